The zero-order valence-electron chi connectivity index (χ0n) is 11.5. The first-order valence-electron chi connectivity index (χ1n) is 6.71. The molecule has 0 saturated carbocycles. The smallest absolute Gasteiger partial charge is 0.258 e. The number of hydrogen-bond acceptors (Lipinski definition) is 2. The minimum absolute atomic E-state index is 0.156. The van der Waals surface area contributed by atoms with E-state index in [4.69, 9.17) is 11.6 Å². The number of nitrogens with zero attached hydrogens (tertiary/aromatic N) is 1. The molecule has 0 fully saturated rings. The number of amides is 2. The summed E-state index contributed by atoms with van der Waals surface area (Å²) in [5.74, 6) is -0.334. The molecule has 0 atom stereocenters. The molecule has 0 bridgehead atoms. The Morgan fingerprint density at radius 1 is 1.18 bits per heavy atom. The van der Waals surface area contributed by atoms with Crippen molar-refractivity contribution in [3.05, 3.63) is 63.1 Å². The number of benzene rings is 2. The number of carbonyl (C=O) groups is 2. The van der Waals surface area contributed by atoms with Crippen LogP contribution in [0.25, 0.3) is 0 Å². The molecule has 22 heavy (non-hydrogen) atoms. The third-order valence-electron chi connectivity index (χ3n) is 3.45. The van der Waals surface area contributed by atoms with Gasteiger partial charge in [0.05, 0.1) is 11.3 Å². The van der Waals surface area contributed by atoms with Crippen LogP contribution >= 0.6 is 27.5 Å². The second-order valence-electron chi connectivity index (χ2n) is 4.88. The topological polar surface area (TPSA) is 49.4 Å². The van der Waals surface area contributed by atoms with E-state index in [1.165, 1.54) is 0 Å². The number of fused-ring (bicyclic) bond motifs is 1. The van der Waals surface area contributed by atoms with Gasteiger partial charge in [-0.05, 0) is 42.5 Å². The van der Waals surface area contributed by atoms with Crippen LogP contribution in [0.3, 0.4) is 0 Å². The highest BCUT2D eigenvalue weighted by molar-refractivity contribution is 9.10. The van der Waals surface area contributed by atoms with Crippen LogP contribution in [0.1, 0.15) is 20.7 Å². The summed E-state index contributed by atoms with van der Waals surface area (Å²) in [5, 5.41) is 3.38. The minimum Gasteiger partial charge on any atom is -0.350 e. The van der Waals surface area contributed by atoms with E-state index in [9.17, 15) is 9.59 Å². The van der Waals surface area contributed by atoms with Gasteiger partial charge in [-0.25, -0.2) is 0 Å². The van der Waals surface area contributed by atoms with E-state index in [1.807, 2.05) is 6.07 Å². The van der Waals surface area contributed by atoms with Gasteiger partial charge in [0, 0.05) is 28.1 Å². The molecule has 0 radical (unpaired) electrons. The summed E-state index contributed by atoms with van der Waals surface area (Å²) >= 11 is 9.22. The number of hydrogen-bond donors (Lipinski definition) is 1. The van der Waals surface area contributed by atoms with Crippen molar-refractivity contribution < 1.29 is 9.59 Å². The van der Waals surface area contributed by atoms with E-state index >= 15 is 0 Å². The molecule has 1 aliphatic heterocycles. The molecule has 0 aliphatic carbocycles. The van der Waals surface area contributed by atoms with Crippen LogP contribution in [0.15, 0.2) is 46.9 Å². The predicted octanol–water partition coefficient (Wildman–Crippen LogP) is 3.49. The molecular formula is C16H12BrClN2O2. The van der Waals surface area contributed by atoms with Gasteiger partial charge in [-0.15, -0.1) is 0 Å². The maximum absolute atomic E-state index is 12.8. The second-order valence-corrected chi connectivity index (χ2v) is 6.23. The van der Waals surface area contributed by atoms with Gasteiger partial charge in [-0.3, -0.25) is 9.59 Å². The molecule has 3 rings (SSSR count). The van der Waals surface area contributed by atoms with Crippen LogP contribution in [-0.2, 0) is 0 Å². The Kier molecular flexibility index (Phi) is 4.18. The lowest BCUT2D eigenvalue weighted by molar-refractivity contribution is 0.0953. The molecule has 112 valence electrons. The van der Waals surface area contributed by atoms with Crippen molar-refractivity contribution in [3.63, 3.8) is 0 Å². The third kappa shape index (κ3) is 2.87. The number of rotatable bonds is 1. The average Bonchev–Trinajstić information content (AvgIpc) is 2.67. The monoisotopic (exact) mass is 378 g/mol. The molecule has 2 aromatic rings. The van der Waals surface area contributed by atoms with Crippen LogP contribution in [0.5, 0.6) is 0 Å². The molecule has 0 aromatic heterocycles. The van der Waals surface area contributed by atoms with Crippen LogP contribution < -0.4 is 10.2 Å². The van der Waals surface area contributed by atoms with Crippen molar-refractivity contribution >= 4 is 45.0 Å². The van der Waals surface area contributed by atoms with Gasteiger partial charge in [-0.1, -0.05) is 27.5 Å². The Morgan fingerprint density at radius 3 is 2.64 bits per heavy atom. The average molecular weight is 380 g/mol. The quantitative estimate of drug-likeness (QED) is 0.824. The summed E-state index contributed by atoms with van der Waals surface area (Å²) in [5.41, 5.74) is 1.62. The summed E-state index contributed by atoms with van der Waals surface area (Å²) in [6, 6.07) is 12.0. The molecule has 4 nitrogen and oxygen atoms in total. The Balaban J connectivity index is 2.03. The second kappa shape index (κ2) is 6.10. The van der Waals surface area contributed by atoms with Crippen molar-refractivity contribution in [2.75, 3.05) is 18.0 Å². The highest BCUT2D eigenvalue weighted by atomic mass is 79.9. The molecule has 6 heteroatoms. The normalized spacial score (nSPS) is 14.1. The van der Waals surface area contributed by atoms with Crippen LogP contribution in [0.4, 0.5) is 5.69 Å². The van der Waals surface area contributed by atoms with E-state index < -0.39 is 0 Å². The zero-order valence-corrected chi connectivity index (χ0v) is 13.8. The predicted molar refractivity (Wildman–Crippen MR) is 89.6 cm³/mol. The fourth-order valence-electron chi connectivity index (χ4n) is 2.38. The molecule has 1 N–H and O–H groups in total. The van der Waals surface area contributed by atoms with Gasteiger partial charge in [0.1, 0.15) is 0 Å². The van der Waals surface area contributed by atoms with Crippen molar-refractivity contribution in [1.82, 2.24) is 5.32 Å². The molecule has 2 amide bonds. The first-order valence-corrected chi connectivity index (χ1v) is 7.88. The van der Waals surface area contributed by atoms with E-state index in [-0.39, 0.29) is 11.8 Å². The molecule has 0 saturated heterocycles. The Labute approximate surface area is 141 Å². The summed E-state index contributed by atoms with van der Waals surface area (Å²) < 4.78 is 0.794. The summed E-state index contributed by atoms with van der Waals surface area (Å²) in [6.45, 7) is 0.826. The van der Waals surface area contributed by atoms with Crippen molar-refractivity contribution in [2.24, 2.45) is 0 Å². The number of carbonyl (C=O) groups excluding carboxylic acids is 2. The number of halogens is 2. The van der Waals surface area contributed by atoms with Crippen molar-refractivity contribution in [2.45, 2.75) is 0 Å². The van der Waals surface area contributed by atoms with E-state index in [2.05, 4.69) is 21.2 Å². The van der Waals surface area contributed by atoms with E-state index in [1.54, 1.807) is 41.3 Å². The van der Waals surface area contributed by atoms with Crippen molar-refractivity contribution in [1.29, 1.82) is 0 Å². The van der Waals surface area contributed by atoms with Gasteiger partial charge >= 0.3 is 0 Å². The Hall–Kier alpha value is -1.85. The van der Waals surface area contributed by atoms with Gasteiger partial charge in [0.15, 0.2) is 0 Å². The Bertz CT molecular complexity index is 746. The van der Waals surface area contributed by atoms with Gasteiger partial charge in [-0.2, -0.15) is 0 Å². The molecule has 0 spiro atoms. The zero-order chi connectivity index (χ0) is 15.7. The lowest BCUT2D eigenvalue weighted by Crippen LogP contribution is -2.35. The Morgan fingerprint density at radius 2 is 1.91 bits per heavy atom. The molecule has 1 aliphatic rings. The SMILES string of the molecule is O=C1NCCN(C(=O)c2ccc(Cl)cc2)c2ccc(Br)cc21. The number of anilines is 1. The maximum Gasteiger partial charge on any atom is 0.258 e. The largest absolute Gasteiger partial charge is 0.350 e. The van der Waals surface area contributed by atoms with Gasteiger partial charge < -0.3 is 10.2 Å². The lowest BCUT2D eigenvalue weighted by atomic mass is 10.1. The molecule has 1 heterocycles. The summed E-state index contributed by atoms with van der Waals surface area (Å²) in [6.07, 6.45) is 0. The van der Waals surface area contributed by atoms with E-state index in [0.717, 1.165) is 4.47 Å². The van der Waals surface area contributed by atoms with Crippen LogP contribution in [0, 0.1) is 0 Å². The third-order valence-corrected chi connectivity index (χ3v) is 4.20. The molecule has 0 unspecified atom stereocenters. The maximum atomic E-state index is 12.8. The molecule has 2 aromatic carbocycles. The van der Waals surface area contributed by atoms with Gasteiger partial charge in [0.2, 0.25) is 0 Å². The van der Waals surface area contributed by atoms with E-state index in [0.29, 0.717) is 34.9 Å². The first kappa shape index (κ1) is 15.1. The standard InChI is InChI=1S/C16H12BrClN2O2/c17-11-3-6-14-13(9-11)15(21)19-7-8-20(14)16(22)10-1-4-12(18)5-2-10/h1-6,9H,7-8H2,(H,19,21). The summed E-state index contributed by atoms with van der Waals surface area (Å²) in [4.78, 5) is 26.5. The van der Waals surface area contributed by atoms with Crippen molar-refractivity contribution in [3.8, 4) is 0 Å². The van der Waals surface area contributed by atoms with Crippen LogP contribution in [0.2, 0.25) is 5.02 Å². The fourth-order valence-corrected chi connectivity index (χ4v) is 2.87. The minimum atomic E-state index is -0.178. The fraction of sp³-hybridized carbons (Fsp3) is 0.125. The van der Waals surface area contributed by atoms with Crippen LogP contribution in [-0.4, -0.2) is 24.9 Å². The highest BCUT2D eigenvalue weighted by Crippen LogP contribution is 2.27. The highest BCUT2D eigenvalue weighted by Gasteiger charge is 2.25. The molecular weight excluding hydrogens is 368 g/mol. The summed E-state index contributed by atoms with van der Waals surface area (Å²) in [7, 11) is 0. The van der Waals surface area contributed by atoms with Gasteiger partial charge in [0.25, 0.3) is 11.8 Å². The lowest BCUT2D eigenvalue weighted by Gasteiger charge is -2.22. The number of nitrogens with one attached hydrogen (secondary N) is 1. The first-order chi connectivity index (χ1) is 10.6.